The Hall–Kier alpha value is -3.62. The maximum absolute atomic E-state index is 12.7. The largest absolute Gasteiger partial charge is 0.366 e. The van der Waals surface area contributed by atoms with Gasteiger partial charge in [0, 0.05) is 52.9 Å². The van der Waals surface area contributed by atoms with E-state index in [0.29, 0.717) is 40.9 Å². The number of rotatable bonds is 5. The van der Waals surface area contributed by atoms with Crippen LogP contribution in [-0.2, 0) is 11.3 Å². The van der Waals surface area contributed by atoms with E-state index < -0.39 is 0 Å². The van der Waals surface area contributed by atoms with Crippen molar-refractivity contribution in [3.05, 3.63) is 82.0 Å². The molecule has 1 aliphatic rings. The van der Waals surface area contributed by atoms with E-state index in [4.69, 9.17) is 28.2 Å². The van der Waals surface area contributed by atoms with E-state index in [1.54, 1.807) is 39.9 Å². The van der Waals surface area contributed by atoms with E-state index in [1.807, 2.05) is 30.3 Å². The molecule has 0 atom stereocenters. The van der Waals surface area contributed by atoms with Gasteiger partial charge >= 0.3 is 0 Å². The number of nitrogens with zero attached hydrogens (tertiary/aromatic N) is 4. The highest BCUT2D eigenvalue weighted by atomic mass is 35.5. The predicted molar refractivity (Wildman–Crippen MR) is 131 cm³/mol. The maximum Gasteiger partial charge on any atom is 0.254 e. The lowest BCUT2D eigenvalue weighted by molar-refractivity contribution is -0.123. The molecule has 0 spiro atoms. The zero-order valence-corrected chi connectivity index (χ0v) is 19.5. The Morgan fingerprint density at radius 2 is 1.91 bits per heavy atom. The SMILES string of the molecule is O=C1CN(C(=O)c2ccc(-c3cc(NCc4ccc(Cl)cc4Cl)n4nccc4n3)cc2)CCN1. The van der Waals surface area contributed by atoms with Crippen LogP contribution in [0, 0.1) is 0 Å². The summed E-state index contributed by atoms with van der Waals surface area (Å²) in [6.07, 6.45) is 1.68. The average Bonchev–Trinajstić information content (AvgIpc) is 3.32. The highest BCUT2D eigenvalue weighted by Crippen LogP contribution is 2.25. The van der Waals surface area contributed by atoms with Gasteiger partial charge in [-0.2, -0.15) is 9.61 Å². The Morgan fingerprint density at radius 3 is 2.68 bits per heavy atom. The van der Waals surface area contributed by atoms with Crippen molar-refractivity contribution in [1.29, 1.82) is 0 Å². The van der Waals surface area contributed by atoms with Gasteiger partial charge in [0.25, 0.3) is 5.91 Å². The Balaban J connectivity index is 1.39. The van der Waals surface area contributed by atoms with Gasteiger partial charge in [-0.15, -0.1) is 0 Å². The number of halogens is 2. The lowest BCUT2D eigenvalue weighted by Gasteiger charge is -2.26. The molecule has 2 aromatic carbocycles. The molecule has 1 aliphatic heterocycles. The van der Waals surface area contributed by atoms with Crippen LogP contribution < -0.4 is 10.6 Å². The van der Waals surface area contributed by atoms with Crippen LogP contribution in [-0.4, -0.2) is 50.9 Å². The first kappa shape index (κ1) is 22.2. The standard InChI is InChI=1S/C24H20Cl2N6O2/c25-18-6-5-17(19(26)11-18)13-28-22-12-20(30-21-7-8-29-32(21)22)15-1-3-16(4-2-15)24(34)31-10-9-27-23(33)14-31/h1-8,11-12,28H,9-10,13-14H2,(H,27,33). The van der Waals surface area contributed by atoms with Crippen LogP contribution in [0.15, 0.2) is 60.8 Å². The molecule has 0 bridgehead atoms. The first-order valence-corrected chi connectivity index (χ1v) is 11.4. The van der Waals surface area contributed by atoms with Crippen molar-refractivity contribution in [2.75, 3.05) is 25.0 Å². The van der Waals surface area contributed by atoms with E-state index in [9.17, 15) is 9.59 Å². The predicted octanol–water partition coefficient (Wildman–Crippen LogP) is 3.89. The van der Waals surface area contributed by atoms with E-state index >= 15 is 0 Å². The Labute approximate surface area is 205 Å². The molecular formula is C24H20Cl2N6O2. The summed E-state index contributed by atoms with van der Waals surface area (Å²) in [5.41, 5.74) is 3.69. The fourth-order valence-corrected chi connectivity index (χ4v) is 4.29. The van der Waals surface area contributed by atoms with Gasteiger partial charge in [0.15, 0.2) is 5.65 Å². The van der Waals surface area contributed by atoms with Crippen molar-refractivity contribution in [3.8, 4) is 11.3 Å². The number of carbonyl (C=O) groups is 2. The fraction of sp³-hybridized carbons (Fsp3) is 0.167. The molecule has 2 N–H and O–H groups in total. The summed E-state index contributed by atoms with van der Waals surface area (Å²) in [5, 5.41) is 11.6. The molecule has 172 valence electrons. The monoisotopic (exact) mass is 494 g/mol. The molecule has 10 heteroatoms. The van der Waals surface area contributed by atoms with E-state index in [0.717, 1.165) is 22.6 Å². The third-order valence-corrected chi connectivity index (χ3v) is 6.17. The van der Waals surface area contributed by atoms with Crippen molar-refractivity contribution < 1.29 is 9.59 Å². The molecular weight excluding hydrogens is 475 g/mol. The van der Waals surface area contributed by atoms with Gasteiger partial charge in [-0.3, -0.25) is 9.59 Å². The number of piperazine rings is 1. The van der Waals surface area contributed by atoms with Crippen LogP contribution in [0.3, 0.4) is 0 Å². The van der Waals surface area contributed by atoms with Crippen molar-refractivity contribution in [1.82, 2.24) is 24.8 Å². The quantitative estimate of drug-likeness (QED) is 0.439. The van der Waals surface area contributed by atoms with Gasteiger partial charge in [0.05, 0.1) is 18.4 Å². The smallest absolute Gasteiger partial charge is 0.254 e. The second kappa shape index (κ2) is 9.32. The van der Waals surface area contributed by atoms with Crippen LogP contribution >= 0.6 is 23.2 Å². The van der Waals surface area contributed by atoms with Crippen LogP contribution in [0.25, 0.3) is 16.9 Å². The lowest BCUT2D eigenvalue weighted by atomic mass is 10.1. The number of nitrogens with one attached hydrogen (secondary N) is 2. The average molecular weight is 495 g/mol. The summed E-state index contributed by atoms with van der Waals surface area (Å²) in [6.45, 7) is 1.52. The van der Waals surface area contributed by atoms with E-state index in [2.05, 4.69) is 15.7 Å². The molecule has 0 aliphatic carbocycles. The summed E-state index contributed by atoms with van der Waals surface area (Å²) in [6, 6.07) is 16.3. The van der Waals surface area contributed by atoms with Crippen LogP contribution in [0.5, 0.6) is 0 Å². The molecule has 34 heavy (non-hydrogen) atoms. The molecule has 3 heterocycles. The Morgan fingerprint density at radius 1 is 1.09 bits per heavy atom. The minimum absolute atomic E-state index is 0.0761. The molecule has 8 nitrogen and oxygen atoms in total. The summed E-state index contributed by atoms with van der Waals surface area (Å²) >= 11 is 12.3. The Bertz CT molecular complexity index is 1390. The molecule has 1 saturated heterocycles. The molecule has 0 radical (unpaired) electrons. The van der Waals surface area contributed by atoms with Gasteiger partial charge in [-0.1, -0.05) is 41.4 Å². The van der Waals surface area contributed by atoms with Crippen molar-refractivity contribution in [2.45, 2.75) is 6.54 Å². The van der Waals surface area contributed by atoms with Gasteiger partial charge in [-0.25, -0.2) is 4.98 Å². The molecule has 0 saturated carbocycles. The summed E-state index contributed by atoms with van der Waals surface area (Å²) in [4.78, 5) is 30.6. The maximum atomic E-state index is 12.7. The van der Waals surface area contributed by atoms with Crippen LogP contribution in [0.4, 0.5) is 5.82 Å². The summed E-state index contributed by atoms with van der Waals surface area (Å²) in [5.74, 6) is 0.438. The van der Waals surface area contributed by atoms with Crippen LogP contribution in [0.1, 0.15) is 15.9 Å². The zero-order chi connectivity index (χ0) is 23.7. The number of amides is 2. The summed E-state index contributed by atoms with van der Waals surface area (Å²) in [7, 11) is 0. The normalized spacial score (nSPS) is 13.7. The van der Waals surface area contributed by atoms with Gasteiger partial charge in [0.2, 0.25) is 5.91 Å². The van der Waals surface area contributed by atoms with Gasteiger partial charge < -0.3 is 15.5 Å². The number of fused-ring (bicyclic) bond motifs is 1. The number of anilines is 1. The van der Waals surface area contributed by atoms with Crippen LogP contribution in [0.2, 0.25) is 10.0 Å². The second-order valence-electron chi connectivity index (χ2n) is 7.87. The molecule has 0 unspecified atom stereocenters. The number of hydrogen-bond donors (Lipinski definition) is 2. The fourth-order valence-electron chi connectivity index (χ4n) is 3.82. The van der Waals surface area contributed by atoms with Crippen molar-refractivity contribution in [2.24, 2.45) is 0 Å². The topological polar surface area (TPSA) is 91.6 Å². The van der Waals surface area contributed by atoms with Crippen molar-refractivity contribution in [3.63, 3.8) is 0 Å². The van der Waals surface area contributed by atoms with E-state index in [-0.39, 0.29) is 18.4 Å². The molecule has 4 aromatic rings. The minimum Gasteiger partial charge on any atom is -0.366 e. The second-order valence-corrected chi connectivity index (χ2v) is 8.71. The zero-order valence-electron chi connectivity index (χ0n) is 18.0. The Kier molecular flexibility index (Phi) is 6.08. The number of carbonyl (C=O) groups excluding carboxylic acids is 2. The van der Waals surface area contributed by atoms with E-state index in [1.165, 1.54) is 0 Å². The minimum atomic E-state index is -0.164. The third-order valence-electron chi connectivity index (χ3n) is 5.59. The third kappa shape index (κ3) is 4.55. The molecule has 1 fully saturated rings. The highest BCUT2D eigenvalue weighted by Gasteiger charge is 2.22. The lowest BCUT2D eigenvalue weighted by Crippen LogP contribution is -2.49. The number of benzene rings is 2. The first-order chi connectivity index (χ1) is 16.5. The summed E-state index contributed by atoms with van der Waals surface area (Å²) < 4.78 is 1.71. The van der Waals surface area contributed by atoms with Gasteiger partial charge in [-0.05, 0) is 29.8 Å². The first-order valence-electron chi connectivity index (χ1n) is 10.7. The highest BCUT2D eigenvalue weighted by molar-refractivity contribution is 6.35. The molecule has 5 rings (SSSR count). The molecule has 2 amide bonds. The number of hydrogen-bond acceptors (Lipinski definition) is 5. The molecule has 2 aromatic heterocycles. The number of aromatic nitrogens is 3. The van der Waals surface area contributed by atoms with Gasteiger partial charge in [0.1, 0.15) is 5.82 Å². The van der Waals surface area contributed by atoms with Crippen molar-refractivity contribution >= 4 is 46.5 Å².